The Bertz CT molecular complexity index is 657. The normalized spacial score (nSPS) is 21.3. The van der Waals surface area contributed by atoms with Gasteiger partial charge in [0.15, 0.2) is 0 Å². The van der Waals surface area contributed by atoms with E-state index in [9.17, 15) is 13.6 Å². The minimum atomic E-state index is -0.604. The zero-order valence-electron chi connectivity index (χ0n) is 11.4. The third-order valence-corrected chi connectivity index (χ3v) is 3.90. The Morgan fingerprint density at radius 2 is 1.86 bits per heavy atom. The van der Waals surface area contributed by atoms with Crippen molar-refractivity contribution in [3.05, 3.63) is 71.3 Å². The third-order valence-electron chi connectivity index (χ3n) is 3.90. The van der Waals surface area contributed by atoms with Gasteiger partial charge in [-0.15, -0.1) is 0 Å². The van der Waals surface area contributed by atoms with Gasteiger partial charge >= 0.3 is 0 Å². The maximum absolute atomic E-state index is 14.0. The molecular formula is C17H15F2NO. The second-order valence-electron chi connectivity index (χ2n) is 5.34. The molecule has 2 atom stereocenters. The van der Waals surface area contributed by atoms with Crippen molar-refractivity contribution in [1.29, 1.82) is 0 Å². The lowest BCUT2D eigenvalue weighted by molar-refractivity contribution is -0.119. The van der Waals surface area contributed by atoms with E-state index in [4.69, 9.17) is 0 Å². The van der Waals surface area contributed by atoms with E-state index in [1.165, 1.54) is 12.1 Å². The summed E-state index contributed by atoms with van der Waals surface area (Å²) in [5.41, 5.74) is 1.48. The molecule has 0 aromatic heterocycles. The first-order valence-electron chi connectivity index (χ1n) is 6.92. The lowest BCUT2D eigenvalue weighted by Gasteiger charge is -2.20. The molecule has 1 aliphatic heterocycles. The highest BCUT2D eigenvalue weighted by Gasteiger charge is 2.35. The molecule has 1 fully saturated rings. The zero-order valence-corrected chi connectivity index (χ0v) is 11.4. The fourth-order valence-electron chi connectivity index (χ4n) is 2.90. The van der Waals surface area contributed by atoms with Crippen molar-refractivity contribution in [3.63, 3.8) is 0 Å². The Morgan fingerprint density at radius 1 is 1.10 bits per heavy atom. The highest BCUT2D eigenvalue weighted by atomic mass is 19.1. The van der Waals surface area contributed by atoms with Gasteiger partial charge in [0.25, 0.3) is 0 Å². The molecule has 0 radical (unpaired) electrons. The van der Waals surface area contributed by atoms with Gasteiger partial charge in [0.1, 0.15) is 11.6 Å². The van der Waals surface area contributed by atoms with Crippen LogP contribution in [0.1, 0.15) is 23.5 Å². The maximum Gasteiger partial charge on any atom is 0.220 e. The molecule has 108 valence electrons. The summed E-state index contributed by atoms with van der Waals surface area (Å²) in [4.78, 5) is 11.7. The van der Waals surface area contributed by atoms with E-state index in [1.54, 1.807) is 0 Å². The molecule has 1 aliphatic rings. The molecule has 1 saturated heterocycles. The van der Waals surface area contributed by atoms with Gasteiger partial charge in [-0.25, -0.2) is 8.78 Å². The fraction of sp³-hybridized carbons (Fsp3) is 0.235. The summed E-state index contributed by atoms with van der Waals surface area (Å²) in [5.74, 6) is -1.55. The average Bonchev–Trinajstić information content (AvgIpc) is 2.80. The van der Waals surface area contributed by atoms with Gasteiger partial charge in [0.05, 0.1) is 0 Å². The van der Waals surface area contributed by atoms with E-state index in [2.05, 4.69) is 5.32 Å². The molecule has 1 N–H and O–H groups in total. The first-order chi connectivity index (χ1) is 10.1. The van der Waals surface area contributed by atoms with E-state index in [0.717, 1.165) is 11.6 Å². The quantitative estimate of drug-likeness (QED) is 0.923. The lowest BCUT2D eigenvalue weighted by atomic mass is 9.88. The summed E-state index contributed by atoms with van der Waals surface area (Å²) < 4.78 is 27.0. The maximum atomic E-state index is 14.0. The monoisotopic (exact) mass is 287 g/mol. The minimum Gasteiger partial charge on any atom is -0.352 e. The molecule has 21 heavy (non-hydrogen) atoms. The van der Waals surface area contributed by atoms with Crippen LogP contribution in [0.5, 0.6) is 0 Å². The first kappa shape index (κ1) is 13.7. The van der Waals surface area contributed by atoms with E-state index >= 15 is 0 Å². The largest absolute Gasteiger partial charge is 0.352 e. The molecule has 1 amide bonds. The molecular weight excluding hydrogens is 272 g/mol. The van der Waals surface area contributed by atoms with Crippen molar-refractivity contribution in [1.82, 2.24) is 5.32 Å². The molecule has 0 spiro atoms. The van der Waals surface area contributed by atoms with Crippen molar-refractivity contribution in [2.24, 2.45) is 0 Å². The summed E-state index contributed by atoms with van der Waals surface area (Å²) in [6.07, 6.45) is 0.869. The van der Waals surface area contributed by atoms with E-state index < -0.39 is 11.6 Å². The lowest BCUT2D eigenvalue weighted by Crippen LogP contribution is -2.30. The summed E-state index contributed by atoms with van der Waals surface area (Å²) in [5, 5.41) is 2.89. The van der Waals surface area contributed by atoms with Gasteiger partial charge in [-0.2, -0.15) is 0 Å². The third kappa shape index (κ3) is 2.94. The SMILES string of the molecule is O=C1CC(c2ccc(F)cc2F)C(Cc2ccccc2)N1. The fourth-order valence-corrected chi connectivity index (χ4v) is 2.90. The second-order valence-corrected chi connectivity index (χ2v) is 5.34. The number of rotatable bonds is 3. The molecule has 0 saturated carbocycles. The van der Waals surface area contributed by atoms with Crippen LogP contribution in [0.15, 0.2) is 48.5 Å². The molecule has 0 aliphatic carbocycles. The van der Waals surface area contributed by atoms with Gasteiger partial charge in [0, 0.05) is 24.4 Å². The average molecular weight is 287 g/mol. The van der Waals surface area contributed by atoms with Crippen LogP contribution in [0.4, 0.5) is 8.78 Å². The highest BCUT2D eigenvalue weighted by molar-refractivity contribution is 5.80. The number of benzene rings is 2. The van der Waals surface area contributed by atoms with Gasteiger partial charge in [-0.3, -0.25) is 4.79 Å². The van der Waals surface area contributed by atoms with Crippen LogP contribution in [0, 0.1) is 11.6 Å². The van der Waals surface area contributed by atoms with Crippen LogP contribution in [-0.2, 0) is 11.2 Å². The van der Waals surface area contributed by atoms with Crippen molar-refractivity contribution in [3.8, 4) is 0 Å². The van der Waals surface area contributed by atoms with Crippen molar-refractivity contribution in [2.45, 2.75) is 24.8 Å². The predicted octanol–water partition coefficient (Wildman–Crippen LogP) is 3.18. The molecule has 2 unspecified atom stereocenters. The van der Waals surface area contributed by atoms with Gasteiger partial charge in [-0.05, 0) is 23.6 Å². The van der Waals surface area contributed by atoms with Crippen LogP contribution in [-0.4, -0.2) is 11.9 Å². The highest BCUT2D eigenvalue weighted by Crippen LogP contribution is 2.32. The Balaban J connectivity index is 1.87. The van der Waals surface area contributed by atoms with E-state index in [1.807, 2.05) is 30.3 Å². The second kappa shape index (κ2) is 5.64. The molecule has 2 nitrogen and oxygen atoms in total. The number of carbonyl (C=O) groups excluding carboxylic acids is 1. The van der Waals surface area contributed by atoms with E-state index in [0.29, 0.717) is 12.0 Å². The summed E-state index contributed by atoms with van der Waals surface area (Å²) >= 11 is 0. The molecule has 0 bridgehead atoms. The van der Waals surface area contributed by atoms with Crippen LogP contribution in [0.2, 0.25) is 0 Å². The Labute approximate surface area is 121 Å². The topological polar surface area (TPSA) is 29.1 Å². The molecule has 4 heteroatoms. The van der Waals surface area contributed by atoms with Crippen molar-refractivity contribution < 1.29 is 13.6 Å². The standard InChI is InChI=1S/C17H15F2NO/c18-12-6-7-13(15(19)9-12)14-10-17(21)20-16(14)8-11-4-2-1-3-5-11/h1-7,9,14,16H,8,10H2,(H,20,21). The van der Waals surface area contributed by atoms with Crippen molar-refractivity contribution >= 4 is 5.91 Å². The number of nitrogens with one attached hydrogen (secondary N) is 1. The van der Waals surface area contributed by atoms with Gasteiger partial charge in [-0.1, -0.05) is 36.4 Å². The van der Waals surface area contributed by atoms with Crippen molar-refractivity contribution in [2.75, 3.05) is 0 Å². The Kier molecular flexibility index (Phi) is 3.69. The van der Waals surface area contributed by atoms with Gasteiger partial charge < -0.3 is 5.32 Å². The minimum absolute atomic E-state index is 0.0929. The predicted molar refractivity (Wildman–Crippen MR) is 75.8 cm³/mol. The first-order valence-corrected chi connectivity index (χ1v) is 6.92. The van der Waals surface area contributed by atoms with Crippen LogP contribution < -0.4 is 5.32 Å². The summed E-state index contributed by atoms with van der Waals surface area (Å²) in [6.45, 7) is 0. The number of amides is 1. The summed E-state index contributed by atoms with van der Waals surface area (Å²) in [6, 6.07) is 13.1. The van der Waals surface area contributed by atoms with Crippen LogP contribution in [0.25, 0.3) is 0 Å². The number of carbonyl (C=O) groups is 1. The number of halogens is 2. The van der Waals surface area contributed by atoms with Gasteiger partial charge in [0.2, 0.25) is 5.91 Å². The molecule has 2 aromatic carbocycles. The molecule has 3 rings (SSSR count). The van der Waals surface area contributed by atoms with E-state index in [-0.39, 0.29) is 24.3 Å². The molecule has 2 aromatic rings. The molecule has 1 heterocycles. The zero-order chi connectivity index (χ0) is 14.8. The van der Waals surface area contributed by atoms with Crippen LogP contribution >= 0.6 is 0 Å². The Morgan fingerprint density at radius 3 is 2.57 bits per heavy atom. The number of hydrogen-bond acceptors (Lipinski definition) is 1. The van der Waals surface area contributed by atoms with Crippen LogP contribution in [0.3, 0.4) is 0 Å². The summed E-state index contributed by atoms with van der Waals surface area (Å²) in [7, 11) is 0. The smallest absolute Gasteiger partial charge is 0.220 e. The number of hydrogen-bond donors (Lipinski definition) is 1. The Hall–Kier alpha value is -2.23.